The predicted molar refractivity (Wildman–Crippen MR) is 152 cm³/mol. The highest BCUT2D eigenvalue weighted by Crippen LogP contribution is 2.43. The highest BCUT2D eigenvalue weighted by molar-refractivity contribution is 7.14. The van der Waals surface area contributed by atoms with Crippen LogP contribution in [0.25, 0.3) is 11.3 Å². The lowest BCUT2D eigenvalue weighted by atomic mass is 9.79. The van der Waals surface area contributed by atoms with Crippen LogP contribution < -0.4 is 16.2 Å². The Hall–Kier alpha value is -4.69. The maximum atomic E-state index is 13.2. The maximum absolute atomic E-state index is 13.2. The number of ether oxygens (including phenoxy) is 2. The van der Waals surface area contributed by atoms with Crippen molar-refractivity contribution in [1.29, 1.82) is 5.26 Å². The first kappa shape index (κ1) is 28.3. The van der Waals surface area contributed by atoms with Gasteiger partial charge in [0.2, 0.25) is 0 Å². The second-order valence-corrected chi connectivity index (χ2v) is 9.85. The number of anilines is 2. The molecular formula is C29H29N5O5S. The fourth-order valence-corrected chi connectivity index (χ4v) is 5.39. The summed E-state index contributed by atoms with van der Waals surface area (Å²) >= 11 is 1.34. The average Bonchev–Trinajstić information content (AvgIpc) is 3.37. The summed E-state index contributed by atoms with van der Waals surface area (Å²) < 4.78 is 10.8. The minimum Gasteiger partial charge on any atom is -0.463 e. The zero-order chi connectivity index (χ0) is 29.0. The topological polar surface area (TPSA) is 146 Å². The third kappa shape index (κ3) is 5.53. The van der Waals surface area contributed by atoms with Crippen LogP contribution in [0.1, 0.15) is 50.4 Å². The van der Waals surface area contributed by atoms with E-state index in [9.17, 15) is 19.6 Å². The average molecular weight is 560 g/mol. The predicted octanol–water partition coefficient (Wildman–Crippen LogP) is 4.78. The number of H-pyrrole nitrogens is 1. The molecule has 206 valence electrons. The number of rotatable bonds is 8. The number of nitriles is 1. The van der Waals surface area contributed by atoms with Gasteiger partial charge >= 0.3 is 11.9 Å². The van der Waals surface area contributed by atoms with E-state index < -0.39 is 23.4 Å². The third-order valence-corrected chi connectivity index (χ3v) is 7.16. The van der Waals surface area contributed by atoms with Crippen molar-refractivity contribution in [2.24, 2.45) is 0 Å². The summed E-state index contributed by atoms with van der Waals surface area (Å²) in [7, 11) is 0. The van der Waals surface area contributed by atoms with Crippen molar-refractivity contribution in [3.8, 4) is 17.3 Å². The maximum Gasteiger partial charge on any atom is 0.336 e. The summed E-state index contributed by atoms with van der Waals surface area (Å²) in [5.74, 6) is -1.82. The molecule has 3 heterocycles. The molecule has 0 fully saturated rings. The normalized spacial score (nSPS) is 13.5. The number of aryl methyl sites for hydroxylation is 1. The molecule has 3 N–H and O–H groups in total. The number of aromatic amines is 1. The zero-order valence-electron chi connectivity index (χ0n) is 22.8. The number of aromatic nitrogens is 2. The monoisotopic (exact) mass is 559 g/mol. The Morgan fingerprint density at radius 1 is 1.07 bits per heavy atom. The van der Waals surface area contributed by atoms with Crippen LogP contribution in [0.4, 0.5) is 10.8 Å². The van der Waals surface area contributed by atoms with Crippen molar-refractivity contribution in [3.05, 3.63) is 85.4 Å². The van der Waals surface area contributed by atoms with E-state index in [1.54, 1.807) is 34.6 Å². The Morgan fingerprint density at radius 3 is 2.30 bits per heavy atom. The number of hydrogen-bond donors (Lipinski definition) is 3. The lowest BCUT2D eigenvalue weighted by molar-refractivity contribution is -0.139. The molecule has 3 aromatic rings. The number of allylic oxidation sites excluding steroid dienone is 2. The van der Waals surface area contributed by atoms with E-state index >= 15 is 0 Å². The molecule has 1 aliphatic rings. The van der Waals surface area contributed by atoms with E-state index in [4.69, 9.17) is 9.47 Å². The molecule has 2 aromatic heterocycles. The molecule has 0 unspecified atom stereocenters. The van der Waals surface area contributed by atoms with E-state index in [0.717, 1.165) is 0 Å². The molecule has 0 bridgehead atoms. The van der Waals surface area contributed by atoms with Crippen molar-refractivity contribution in [1.82, 2.24) is 15.3 Å². The SMILES string of the molecule is CCOC(=O)C1=C(C)NC(C)=C(C(=O)OCC)C1c1ccccc1Nc1nc(-c2cc(C#N)c(=O)[nH]c2C)cs1. The lowest BCUT2D eigenvalue weighted by Gasteiger charge is -2.31. The minimum absolute atomic E-state index is 0.00154. The van der Waals surface area contributed by atoms with Crippen molar-refractivity contribution in [2.75, 3.05) is 18.5 Å². The van der Waals surface area contributed by atoms with Gasteiger partial charge in [0.1, 0.15) is 11.6 Å². The van der Waals surface area contributed by atoms with Gasteiger partial charge in [-0.1, -0.05) is 18.2 Å². The largest absolute Gasteiger partial charge is 0.463 e. The minimum atomic E-state index is -0.762. The van der Waals surface area contributed by atoms with Gasteiger partial charge in [0.15, 0.2) is 5.13 Å². The van der Waals surface area contributed by atoms with Crippen molar-refractivity contribution >= 4 is 34.1 Å². The van der Waals surface area contributed by atoms with E-state index in [-0.39, 0.29) is 18.8 Å². The zero-order valence-corrected chi connectivity index (χ0v) is 23.6. The summed E-state index contributed by atoms with van der Waals surface area (Å²) in [6, 6.07) is 10.8. The van der Waals surface area contributed by atoms with Gasteiger partial charge in [-0.3, -0.25) is 4.79 Å². The number of nitrogens with zero attached hydrogens (tertiary/aromatic N) is 2. The van der Waals surface area contributed by atoms with Crippen LogP contribution in [0.15, 0.2) is 63.0 Å². The molecule has 0 atom stereocenters. The Bertz CT molecular complexity index is 1600. The van der Waals surface area contributed by atoms with Gasteiger partial charge in [-0.25, -0.2) is 14.6 Å². The molecule has 0 spiro atoms. The number of pyridine rings is 1. The number of carbonyl (C=O) groups is 2. The number of hydrogen-bond acceptors (Lipinski definition) is 10. The number of thiazole rings is 1. The van der Waals surface area contributed by atoms with Gasteiger partial charge in [-0.15, -0.1) is 11.3 Å². The quantitative estimate of drug-likeness (QED) is 0.332. The first-order valence-electron chi connectivity index (χ1n) is 12.7. The second-order valence-electron chi connectivity index (χ2n) is 8.99. The van der Waals surface area contributed by atoms with Crippen LogP contribution >= 0.6 is 11.3 Å². The smallest absolute Gasteiger partial charge is 0.336 e. The Morgan fingerprint density at radius 2 is 1.70 bits per heavy atom. The lowest BCUT2D eigenvalue weighted by Crippen LogP contribution is -2.32. The molecule has 11 heteroatoms. The molecule has 1 aliphatic heterocycles. The van der Waals surface area contributed by atoms with Crippen molar-refractivity contribution in [3.63, 3.8) is 0 Å². The first-order chi connectivity index (χ1) is 19.2. The first-order valence-corrected chi connectivity index (χ1v) is 13.6. The van der Waals surface area contributed by atoms with Gasteiger partial charge in [-0.05, 0) is 52.3 Å². The third-order valence-electron chi connectivity index (χ3n) is 6.40. The number of nitrogens with one attached hydrogen (secondary N) is 3. The Labute approximate surface area is 235 Å². The summed E-state index contributed by atoms with van der Waals surface area (Å²) in [5, 5.41) is 18.1. The van der Waals surface area contributed by atoms with Crippen LogP contribution in [0, 0.1) is 18.3 Å². The van der Waals surface area contributed by atoms with E-state index in [1.807, 2.05) is 35.7 Å². The van der Waals surface area contributed by atoms with Gasteiger partial charge in [0, 0.05) is 33.7 Å². The molecule has 4 rings (SSSR count). The Kier molecular flexibility index (Phi) is 8.50. The van der Waals surface area contributed by atoms with E-state index in [2.05, 4.69) is 20.6 Å². The molecule has 0 saturated carbocycles. The van der Waals surface area contributed by atoms with Crippen molar-refractivity contribution < 1.29 is 19.1 Å². The number of dihydropyridines is 1. The number of benzene rings is 1. The second kappa shape index (κ2) is 12.0. The fraction of sp³-hybridized carbons (Fsp3) is 0.276. The molecule has 1 aromatic carbocycles. The van der Waals surface area contributed by atoms with Crippen LogP contribution in [0.3, 0.4) is 0 Å². The fourth-order valence-electron chi connectivity index (χ4n) is 4.67. The van der Waals surface area contributed by atoms with Crippen LogP contribution in [0.5, 0.6) is 0 Å². The number of carbonyl (C=O) groups excluding carboxylic acids is 2. The van der Waals surface area contributed by atoms with Gasteiger partial charge in [0.25, 0.3) is 5.56 Å². The molecule has 0 aliphatic carbocycles. The van der Waals surface area contributed by atoms with E-state index in [0.29, 0.717) is 55.9 Å². The van der Waals surface area contributed by atoms with Crippen LogP contribution in [-0.2, 0) is 19.1 Å². The van der Waals surface area contributed by atoms with Gasteiger partial charge in [0.05, 0.1) is 36.0 Å². The van der Waals surface area contributed by atoms with Crippen LogP contribution in [-0.4, -0.2) is 35.1 Å². The van der Waals surface area contributed by atoms with Gasteiger partial charge in [-0.2, -0.15) is 5.26 Å². The number of para-hydroxylation sites is 1. The van der Waals surface area contributed by atoms with E-state index in [1.165, 1.54) is 17.4 Å². The van der Waals surface area contributed by atoms with Crippen molar-refractivity contribution in [2.45, 2.75) is 40.5 Å². The molecule has 0 amide bonds. The molecule has 40 heavy (non-hydrogen) atoms. The summed E-state index contributed by atoms with van der Waals surface area (Å²) in [6.07, 6.45) is 0. The highest BCUT2D eigenvalue weighted by atomic mass is 32.1. The van der Waals surface area contributed by atoms with Crippen LogP contribution in [0.2, 0.25) is 0 Å². The number of esters is 2. The Balaban J connectivity index is 1.79. The standard InChI is InChI=1S/C29H29N5O5S/c1-6-38-27(36)23-16(4)31-17(5)24(28(37)39-7-2)25(23)19-10-8-9-11-21(19)33-29-34-22(14-40-29)20-12-18(13-30)26(35)32-15(20)3/h8-12,14,25,31H,6-7H2,1-5H3,(H,32,35)(H,33,34). The summed E-state index contributed by atoms with van der Waals surface area (Å²) in [4.78, 5) is 45.7. The molecule has 10 nitrogen and oxygen atoms in total. The highest BCUT2D eigenvalue weighted by Gasteiger charge is 2.39. The molecular weight excluding hydrogens is 530 g/mol. The summed E-state index contributed by atoms with van der Waals surface area (Å²) in [6.45, 7) is 9.11. The molecule has 0 saturated heterocycles. The summed E-state index contributed by atoms with van der Waals surface area (Å²) in [5.41, 5.74) is 4.47. The van der Waals surface area contributed by atoms with Gasteiger partial charge < -0.3 is 25.1 Å². The molecule has 0 radical (unpaired) electrons.